The van der Waals surface area contributed by atoms with E-state index in [1.54, 1.807) is 18.2 Å². The number of halogens is 1. The number of aromatic nitrogens is 2. The Morgan fingerprint density at radius 3 is 2.88 bits per heavy atom. The van der Waals surface area contributed by atoms with Gasteiger partial charge in [0, 0.05) is 27.0 Å². The molecule has 1 aromatic heterocycles. The van der Waals surface area contributed by atoms with Gasteiger partial charge in [-0.15, -0.1) is 5.10 Å². The van der Waals surface area contributed by atoms with Crippen LogP contribution in [0.3, 0.4) is 0 Å². The number of anilines is 1. The highest BCUT2D eigenvalue weighted by Crippen LogP contribution is 2.45. The molecule has 9 heteroatoms. The van der Waals surface area contributed by atoms with E-state index in [0.29, 0.717) is 28.4 Å². The third-order valence-corrected chi connectivity index (χ3v) is 6.05. The number of nitrogens with two attached hydrogens (primary N) is 1. The highest BCUT2D eigenvalue weighted by molar-refractivity contribution is 9.10. The molecule has 2 heterocycles. The van der Waals surface area contributed by atoms with Gasteiger partial charge in [-0.2, -0.15) is 5.26 Å². The van der Waals surface area contributed by atoms with E-state index in [1.807, 2.05) is 38.1 Å². The lowest BCUT2D eigenvalue weighted by molar-refractivity contribution is -0.118. The Morgan fingerprint density at radius 1 is 1.34 bits per heavy atom. The first kappa shape index (κ1) is 21.5. The number of fused-ring (bicyclic) bond motifs is 1. The van der Waals surface area contributed by atoms with Gasteiger partial charge in [0.05, 0.1) is 5.92 Å². The number of nitrogens with zero attached hydrogens (tertiary/aromatic N) is 2. The predicted octanol–water partition coefficient (Wildman–Crippen LogP) is 4.02. The second-order valence-corrected chi connectivity index (χ2v) is 8.19. The van der Waals surface area contributed by atoms with E-state index in [2.05, 4.69) is 37.5 Å². The maximum absolute atomic E-state index is 12.5. The highest BCUT2D eigenvalue weighted by atomic mass is 79.9. The molecule has 32 heavy (non-hydrogen) atoms. The number of hydrogen-bond donors (Lipinski definition) is 3. The summed E-state index contributed by atoms with van der Waals surface area (Å²) in [5, 5.41) is 19.6. The maximum atomic E-state index is 12.5. The molecule has 4 rings (SSSR count). The molecule has 1 unspecified atom stereocenters. The van der Waals surface area contributed by atoms with Crippen molar-refractivity contribution in [1.82, 2.24) is 10.2 Å². The molecule has 1 aliphatic heterocycles. The Bertz CT molecular complexity index is 1270. The molecule has 1 aliphatic rings. The topological polar surface area (TPSA) is 126 Å². The van der Waals surface area contributed by atoms with Crippen LogP contribution in [0.4, 0.5) is 5.69 Å². The Labute approximate surface area is 193 Å². The minimum absolute atomic E-state index is 0.00495. The van der Waals surface area contributed by atoms with Crippen molar-refractivity contribution in [3.63, 3.8) is 0 Å². The van der Waals surface area contributed by atoms with Gasteiger partial charge in [-0.3, -0.25) is 9.89 Å². The fraction of sp³-hybridized carbons (Fsp3) is 0.174. The number of rotatable bonds is 5. The minimum Gasteiger partial charge on any atom is -0.483 e. The largest absolute Gasteiger partial charge is 0.483 e. The zero-order valence-corrected chi connectivity index (χ0v) is 19.0. The number of benzene rings is 2. The molecule has 0 aliphatic carbocycles. The quantitative estimate of drug-likeness (QED) is 0.492. The van der Waals surface area contributed by atoms with Crippen LogP contribution >= 0.6 is 15.9 Å². The van der Waals surface area contributed by atoms with Crippen LogP contribution in [-0.4, -0.2) is 22.7 Å². The number of carbonyl (C=O) groups is 1. The average molecular weight is 494 g/mol. The molecular formula is C23H20BrN5O3. The van der Waals surface area contributed by atoms with E-state index in [9.17, 15) is 10.1 Å². The molecule has 0 saturated carbocycles. The van der Waals surface area contributed by atoms with Gasteiger partial charge in [-0.05, 0) is 43.7 Å². The fourth-order valence-electron chi connectivity index (χ4n) is 3.62. The number of carbonyl (C=O) groups excluding carboxylic acids is 1. The van der Waals surface area contributed by atoms with Crippen molar-refractivity contribution in [2.75, 3.05) is 11.9 Å². The van der Waals surface area contributed by atoms with Crippen LogP contribution in [0.1, 0.15) is 28.3 Å². The normalized spacial score (nSPS) is 14.9. The monoisotopic (exact) mass is 493 g/mol. The first-order valence-electron chi connectivity index (χ1n) is 9.79. The van der Waals surface area contributed by atoms with E-state index in [0.717, 1.165) is 15.7 Å². The van der Waals surface area contributed by atoms with Gasteiger partial charge >= 0.3 is 0 Å². The first-order valence-corrected chi connectivity index (χ1v) is 10.6. The fourth-order valence-corrected chi connectivity index (χ4v) is 3.87. The van der Waals surface area contributed by atoms with Crippen LogP contribution in [0, 0.1) is 25.2 Å². The van der Waals surface area contributed by atoms with Gasteiger partial charge in [-0.1, -0.05) is 34.1 Å². The SMILES string of the molecule is Cc1cc(NC(=O)COc2ccccc2C2C(C#N)=C(N)Oc3n[nH]c(C)c32)ccc1Br. The number of aryl methyl sites for hydroxylation is 2. The summed E-state index contributed by atoms with van der Waals surface area (Å²) in [7, 11) is 0. The summed E-state index contributed by atoms with van der Waals surface area (Å²) in [6.45, 7) is 3.59. The number of allylic oxidation sites excluding steroid dienone is 1. The minimum atomic E-state index is -0.532. The van der Waals surface area contributed by atoms with Crippen molar-refractivity contribution in [3.05, 3.63) is 80.8 Å². The summed E-state index contributed by atoms with van der Waals surface area (Å²) in [6, 6.07) is 14.9. The molecule has 2 aromatic carbocycles. The van der Waals surface area contributed by atoms with Crippen molar-refractivity contribution in [2.45, 2.75) is 19.8 Å². The highest BCUT2D eigenvalue weighted by Gasteiger charge is 2.35. The molecule has 8 nitrogen and oxygen atoms in total. The second kappa shape index (κ2) is 8.77. The Balaban J connectivity index is 1.59. The summed E-state index contributed by atoms with van der Waals surface area (Å²) in [5.74, 6) is -0.0504. The molecule has 0 saturated heterocycles. The number of para-hydroxylation sites is 1. The van der Waals surface area contributed by atoms with Gasteiger partial charge in [0.2, 0.25) is 11.8 Å². The second-order valence-electron chi connectivity index (χ2n) is 7.33. The number of nitrogens with one attached hydrogen (secondary N) is 2. The summed E-state index contributed by atoms with van der Waals surface area (Å²) < 4.78 is 12.4. The van der Waals surface area contributed by atoms with Crippen molar-refractivity contribution in [1.29, 1.82) is 5.26 Å². The third kappa shape index (κ3) is 4.05. The molecule has 3 aromatic rings. The Kier molecular flexibility index (Phi) is 5.88. The van der Waals surface area contributed by atoms with Crippen LogP contribution < -0.4 is 20.5 Å². The lowest BCUT2D eigenvalue weighted by Gasteiger charge is -2.25. The van der Waals surface area contributed by atoms with E-state index in [1.165, 1.54) is 0 Å². The summed E-state index contributed by atoms with van der Waals surface area (Å²) in [6.07, 6.45) is 0. The van der Waals surface area contributed by atoms with Crippen LogP contribution in [0.5, 0.6) is 11.6 Å². The smallest absolute Gasteiger partial charge is 0.262 e. The molecular weight excluding hydrogens is 474 g/mol. The summed E-state index contributed by atoms with van der Waals surface area (Å²) in [4.78, 5) is 12.5. The number of ether oxygens (including phenoxy) is 2. The molecule has 1 amide bonds. The number of nitriles is 1. The van der Waals surface area contributed by atoms with Gasteiger partial charge in [0.1, 0.15) is 17.4 Å². The van der Waals surface area contributed by atoms with Gasteiger partial charge in [-0.25, -0.2) is 0 Å². The number of hydrogen-bond acceptors (Lipinski definition) is 6. The molecule has 0 spiro atoms. The number of amides is 1. The number of H-pyrrole nitrogens is 1. The van der Waals surface area contributed by atoms with E-state index in [4.69, 9.17) is 15.2 Å². The summed E-state index contributed by atoms with van der Waals surface area (Å²) in [5.41, 5.74) is 10.1. The van der Waals surface area contributed by atoms with Gasteiger partial charge in [0.15, 0.2) is 6.61 Å². The van der Waals surface area contributed by atoms with E-state index < -0.39 is 5.92 Å². The molecule has 162 valence electrons. The van der Waals surface area contributed by atoms with Crippen LogP contribution in [-0.2, 0) is 4.79 Å². The van der Waals surface area contributed by atoms with E-state index in [-0.39, 0.29) is 24.0 Å². The first-order chi connectivity index (χ1) is 15.4. The molecule has 0 radical (unpaired) electrons. The zero-order chi connectivity index (χ0) is 22.8. The molecule has 0 fully saturated rings. The van der Waals surface area contributed by atoms with Gasteiger partial charge < -0.3 is 20.5 Å². The molecule has 4 N–H and O–H groups in total. The summed E-state index contributed by atoms with van der Waals surface area (Å²) >= 11 is 3.44. The molecule has 1 atom stereocenters. The van der Waals surface area contributed by atoms with Crippen molar-refractivity contribution in [3.8, 4) is 17.7 Å². The Hall–Kier alpha value is -3.77. The van der Waals surface area contributed by atoms with Crippen LogP contribution in [0.2, 0.25) is 0 Å². The van der Waals surface area contributed by atoms with Crippen LogP contribution in [0.25, 0.3) is 0 Å². The maximum Gasteiger partial charge on any atom is 0.262 e. The van der Waals surface area contributed by atoms with Gasteiger partial charge in [0.25, 0.3) is 5.91 Å². The standard InChI is InChI=1S/C23H20BrN5O3/c1-12-9-14(7-8-17(12)24)27-19(30)11-31-18-6-4-3-5-15(18)21-16(10-25)22(26)32-23-20(21)13(2)28-29-23/h3-9,21H,11,26H2,1-2H3,(H,27,30)(H,28,29). The van der Waals surface area contributed by atoms with Crippen LogP contribution in [0.15, 0.2) is 58.4 Å². The average Bonchev–Trinajstić information content (AvgIpc) is 3.14. The lowest BCUT2D eigenvalue weighted by Crippen LogP contribution is -2.23. The number of aromatic amines is 1. The lowest BCUT2D eigenvalue weighted by atomic mass is 9.83. The zero-order valence-electron chi connectivity index (χ0n) is 17.4. The molecule has 0 bridgehead atoms. The predicted molar refractivity (Wildman–Crippen MR) is 122 cm³/mol. The third-order valence-electron chi connectivity index (χ3n) is 5.16. The van der Waals surface area contributed by atoms with Crippen molar-refractivity contribution >= 4 is 27.5 Å². The van der Waals surface area contributed by atoms with Crippen molar-refractivity contribution in [2.24, 2.45) is 5.73 Å². The van der Waals surface area contributed by atoms with Crippen molar-refractivity contribution < 1.29 is 14.3 Å². The Morgan fingerprint density at radius 2 is 2.12 bits per heavy atom. The van der Waals surface area contributed by atoms with E-state index >= 15 is 0 Å².